The summed E-state index contributed by atoms with van der Waals surface area (Å²) in [7, 11) is 0. The summed E-state index contributed by atoms with van der Waals surface area (Å²) in [6, 6.07) is 3.67. The summed E-state index contributed by atoms with van der Waals surface area (Å²) < 4.78 is 9.95. The predicted molar refractivity (Wildman–Crippen MR) is 119 cm³/mol. The molecule has 8 nitrogen and oxygen atoms in total. The number of amides is 1. The second-order valence-electron chi connectivity index (χ2n) is 6.76. The number of anilines is 1. The molecule has 1 aliphatic rings. The molecule has 166 valence electrons. The minimum absolute atomic E-state index is 0.0233. The zero-order chi connectivity index (χ0) is 23.0. The molecule has 1 aromatic carbocycles. The van der Waals surface area contributed by atoms with Crippen molar-refractivity contribution < 1.29 is 28.7 Å². The third-order valence-corrected chi connectivity index (χ3v) is 5.22. The minimum atomic E-state index is -1.10. The van der Waals surface area contributed by atoms with Crippen molar-refractivity contribution >= 4 is 52.9 Å². The highest BCUT2D eigenvalue weighted by Gasteiger charge is 2.41. The van der Waals surface area contributed by atoms with Crippen molar-refractivity contribution in [3.63, 3.8) is 0 Å². The second kappa shape index (κ2) is 11.7. The molecule has 0 bridgehead atoms. The Balaban J connectivity index is 2.06. The van der Waals surface area contributed by atoms with Gasteiger partial charge in [0.1, 0.15) is 19.1 Å². The van der Waals surface area contributed by atoms with E-state index in [1.165, 1.54) is 30.4 Å². The fourth-order valence-corrected chi connectivity index (χ4v) is 3.61. The fraction of sp³-hybridized carbons (Fsp3) is 0.333. The van der Waals surface area contributed by atoms with Gasteiger partial charge in [0.2, 0.25) is 5.91 Å². The number of ether oxygens (including phenoxy) is 2. The Morgan fingerprint density at radius 1 is 1.23 bits per heavy atom. The first kappa shape index (κ1) is 24.6. The average molecular weight is 467 g/mol. The minimum Gasteiger partial charge on any atom is -0.461 e. The standard InChI is InChI=1S/C21H23ClN2O6S/c1-3-7-29-19(26)12-5-6-14(22)15(9-12)24-18(25)16-10-13(11-23-16)17(21(28)31)20(27)30-8-4-2/h3-6,9,13,16-17,23H,1-2,7-8,10-11H2,(H,24,25)(H,28,31)/t13-,16?,17+/m1/s1. The van der Waals surface area contributed by atoms with Crippen LogP contribution in [0.4, 0.5) is 5.69 Å². The Bertz CT molecular complexity index is 891. The lowest BCUT2D eigenvalue weighted by atomic mass is 9.90. The zero-order valence-electron chi connectivity index (χ0n) is 16.6. The van der Waals surface area contributed by atoms with Crippen molar-refractivity contribution in [2.75, 3.05) is 25.1 Å². The number of benzene rings is 1. The second-order valence-corrected chi connectivity index (χ2v) is 7.61. The molecule has 1 heterocycles. The molecule has 31 heavy (non-hydrogen) atoms. The van der Waals surface area contributed by atoms with Crippen LogP contribution in [-0.4, -0.2) is 48.8 Å². The number of hydrogen-bond acceptors (Lipinski definition) is 7. The van der Waals surface area contributed by atoms with Gasteiger partial charge in [-0.1, -0.05) is 36.9 Å². The van der Waals surface area contributed by atoms with Crippen LogP contribution in [0.2, 0.25) is 5.02 Å². The number of esters is 2. The number of halogens is 1. The number of thiol groups is 1. The Hall–Kier alpha value is -2.62. The summed E-state index contributed by atoms with van der Waals surface area (Å²) >= 11 is 9.94. The van der Waals surface area contributed by atoms with Gasteiger partial charge < -0.3 is 20.1 Å². The van der Waals surface area contributed by atoms with E-state index in [2.05, 4.69) is 36.4 Å². The molecule has 0 aliphatic carbocycles. The molecule has 1 fully saturated rings. The van der Waals surface area contributed by atoms with E-state index in [1.54, 1.807) is 0 Å². The number of hydrogen-bond donors (Lipinski definition) is 3. The third-order valence-electron chi connectivity index (χ3n) is 4.61. The van der Waals surface area contributed by atoms with Crippen LogP contribution in [0, 0.1) is 11.8 Å². The van der Waals surface area contributed by atoms with E-state index >= 15 is 0 Å². The van der Waals surface area contributed by atoms with Gasteiger partial charge in [0.25, 0.3) is 0 Å². The van der Waals surface area contributed by atoms with Crippen molar-refractivity contribution in [3.05, 3.63) is 54.1 Å². The highest BCUT2D eigenvalue weighted by Crippen LogP contribution is 2.28. The van der Waals surface area contributed by atoms with Crippen LogP contribution in [0.15, 0.2) is 43.5 Å². The summed E-state index contributed by atoms with van der Waals surface area (Å²) in [5.74, 6) is -3.28. The molecule has 1 amide bonds. The molecule has 0 saturated carbocycles. The van der Waals surface area contributed by atoms with Gasteiger partial charge >= 0.3 is 11.9 Å². The van der Waals surface area contributed by atoms with Gasteiger partial charge in [0.05, 0.1) is 22.3 Å². The molecule has 0 spiro atoms. The largest absolute Gasteiger partial charge is 0.461 e. The van der Waals surface area contributed by atoms with Crippen molar-refractivity contribution in [3.8, 4) is 0 Å². The van der Waals surface area contributed by atoms with Crippen LogP contribution >= 0.6 is 24.2 Å². The predicted octanol–water partition coefficient (Wildman–Crippen LogP) is 2.40. The third kappa shape index (κ3) is 6.68. The molecule has 1 aliphatic heterocycles. The van der Waals surface area contributed by atoms with Crippen LogP contribution in [-0.2, 0) is 23.9 Å². The van der Waals surface area contributed by atoms with E-state index in [0.29, 0.717) is 0 Å². The molecular weight excluding hydrogens is 444 g/mol. The monoisotopic (exact) mass is 466 g/mol. The zero-order valence-corrected chi connectivity index (χ0v) is 18.3. The number of carbonyl (C=O) groups is 4. The normalized spacial score (nSPS) is 18.5. The number of nitrogens with one attached hydrogen (secondary N) is 2. The summed E-state index contributed by atoms with van der Waals surface area (Å²) in [4.78, 5) is 48.8. The van der Waals surface area contributed by atoms with Gasteiger partial charge in [-0.3, -0.25) is 14.4 Å². The van der Waals surface area contributed by atoms with Crippen LogP contribution in [0.3, 0.4) is 0 Å². The summed E-state index contributed by atoms with van der Waals surface area (Å²) in [6.45, 7) is 7.21. The van der Waals surface area contributed by atoms with Crippen molar-refractivity contribution in [1.29, 1.82) is 0 Å². The van der Waals surface area contributed by atoms with Crippen LogP contribution < -0.4 is 10.6 Å². The van der Waals surface area contributed by atoms with Crippen LogP contribution in [0.25, 0.3) is 0 Å². The molecule has 10 heteroatoms. The Morgan fingerprint density at radius 3 is 2.55 bits per heavy atom. The van der Waals surface area contributed by atoms with E-state index in [1.807, 2.05) is 0 Å². The Kier molecular flexibility index (Phi) is 9.29. The maximum Gasteiger partial charge on any atom is 0.338 e. The van der Waals surface area contributed by atoms with Crippen molar-refractivity contribution in [2.45, 2.75) is 12.5 Å². The lowest BCUT2D eigenvalue weighted by Gasteiger charge is -2.18. The molecule has 1 aromatic rings. The maximum atomic E-state index is 12.7. The first-order valence-electron chi connectivity index (χ1n) is 9.40. The van der Waals surface area contributed by atoms with Gasteiger partial charge in [0.15, 0.2) is 5.12 Å². The van der Waals surface area contributed by atoms with Crippen molar-refractivity contribution in [1.82, 2.24) is 5.32 Å². The summed E-state index contributed by atoms with van der Waals surface area (Å²) in [5.41, 5.74) is 0.446. The highest BCUT2D eigenvalue weighted by atomic mass is 35.5. The van der Waals surface area contributed by atoms with Crippen LogP contribution in [0.5, 0.6) is 0 Å². The average Bonchev–Trinajstić information content (AvgIpc) is 3.21. The molecule has 2 rings (SSSR count). The van der Waals surface area contributed by atoms with Gasteiger partial charge in [0, 0.05) is 6.54 Å². The molecule has 3 atom stereocenters. The van der Waals surface area contributed by atoms with E-state index in [4.69, 9.17) is 21.1 Å². The molecule has 1 unspecified atom stereocenters. The first-order chi connectivity index (χ1) is 14.8. The smallest absolute Gasteiger partial charge is 0.338 e. The van der Waals surface area contributed by atoms with E-state index < -0.39 is 40.8 Å². The van der Waals surface area contributed by atoms with Gasteiger partial charge in [-0.05, 0) is 30.5 Å². The Morgan fingerprint density at radius 2 is 1.90 bits per heavy atom. The van der Waals surface area contributed by atoms with Gasteiger partial charge in [-0.15, -0.1) is 12.6 Å². The highest BCUT2D eigenvalue weighted by molar-refractivity contribution is 7.96. The molecular formula is C21H23ClN2O6S. The summed E-state index contributed by atoms with van der Waals surface area (Å²) in [5, 5.41) is 5.25. The van der Waals surface area contributed by atoms with Crippen molar-refractivity contribution in [2.24, 2.45) is 11.8 Å². The molecule has 0 aromatic heterocycles. The molecule has 1 saturated heterocycles. The lowest BCUT2D eigenvalue weighted by molar-refractivity contribution is -0.151. The number of rotatable bonds is 10. The fourth-order valence-electron chi connectivity index (χ4n) is 3.13. The topological polar surface area (TPSA) is 111 Å². The molecule has 0 radical (unpaired) electrons. The molecule has 2 N–H and O–H groups in total. The quantitative estimate of drug-likeness (QED) is 0.210. The van der Waals surface area contributed by atoms with E-state index in [0.717, 1.165) is 0 Å². The lowest BCUT2D eigenvalue weighted by Crippen LogP contribution is -2.35. The summed E-state index contributed by atoms with van der Waals surface area (Å²) in [6.07, 6.45) is 3.05. The van der Waals surface area contributed by atoms with Crippen LogP contribution in [0.1, 0.15) is 16.8 Å². The SMILES string of the molecule is C=CCOC(=O)c1ccc(Cl)c(NC(=O)C2C[C@@H]([C@H](C(=O)S)C(=O)OCC=C)CN2)c1. The van der Waals surface area contributed by atoms with E-state index in [9.17, 15) is 19.2 Å². The van der Waals surface area contributed by atoms with Gasteiger partial charge in [-0.25, -0.2) is 4.79 Å². The number of carbonyl (C=O) groups excluding carboxylic acids is 4. The van der Waals surface area contributed by atoms with E-state index in [-0.39, 0.29) is 42.5 Å². The first-order valence-corrected chi connectivity index (χ1v) is 10.2. The van der Waals surface area contributed by atoms with Gasteiger partial charge in [-0.2, -0.15) is 0 Å². The Labute approximate surface area is 190 Å². The maximum absolute atomic E-state index is 12.7.